The number of nitrogens with zero attached hydrogens (tertiary/aromatic N) is 2. The molecular formula is C10H21N2O2P. The van der Waals surface area contributed by atoms with E-state index in [2.05, 4.69) is 0 Å². The Bertz CT molecular complexity index is 271. The Labute approximate surface area is 92.7 Å². The van der Waals surface area contributed by atoms with Crippen LogP contribution >= 0.6 is 7.52 Å². The molecule has 0 saturated carbocycles. The molecule has 0 spiro atoms. The number of hydrogen-bond donors (Lipinski definition) is 0. The first kappa shape index (κ1) is 14.6. The molecule has 0 rings (SSSR count). The van der Waals surface area contributed by atoms with E-state index in [-0.39, 0.29) is 0 Å². The lowest BCUT2D eigenvalue weighted by Gasteiger charge is -2.34. The molecule has 0 aliphatic carbocycles. The van der Waals surface area contributed by atoms with Gasteiger partial charge in [0.05, 0.1) is 5.60 Å². The summed E-state index contributed by atoms with van der Waals surface area (Å²) in [5.74, 6) is 1.80. The largest absolute Gasteiger partial charge is 0.371 e. The standard InChI is InChI=1S/C10H21N2O2P/c1-6-10(7-2,8-3)14-15(13,9-11)12(4)5/h6-8H2,1-5H3. The van der Waals surface area contributed by atoms with Crippen molar-refractivity contribution in [2.75, 3.05) is 14.1 Å². The third-order valence-electron chi connectivity index (χ3n) is 2.90. The molecule has 0 bridgehead atoms. The normalized spacial score (nSPS) is 16.1. The van der Waals surface area contributed by atoms with Gasteiger partial charge in [-0.15, -0.1) is 0 Å². The summed E-state index contributed by atoms with van der Waals surface area (Å²) in [6, 6.07) is 0. The molecule has 0 aromatic heterocycles. The number of nitriles is 1. The molecule has 1 unspecified atom stereocenters. The average Bonchev–Trinajstić information content (AvgIpc) is 2.25. The molecule has 0 amide bonds. The summed E-state index contributed by atoms with van der Waals surface area (Å²) in [6.07, 6.45) is 2.29. The summed E-state index contributed by atoms with van der Waals surface area (Å²) in [5.41, 5.74) is -0.435. The van der Waals surface area contributed by atoms with E-state index in [1.54, 1.807) is 19.9 Å². The molecule has 1 atom stereocenters. The van der Waals surface area contributed by atoms with Crippen LogP contribution in [-0.2, 0) is 9.09 Å². The van der Waals surface area contributed by atoms with Crippen LogP contribution in [0.3, 0.4) is 0 Å². The predicted octanol–water partition coefficient (Wildman–Crippen LogP) is 3.21. The smallest absolute Gasteiger partial charge is 0.300 e. The molecule has 5 heteroatoms. The maximum absolute atomic E-state index is 12.1. The zero-order valence-electron chi connectivity index (χ0n) is 10.3. The maximum Gasteiger partial charge on any atom is 0.371 e. The van der Waals surface area contributed by atoms with E-state index in [0.717, 1.165) is 19.3 Å². The third-order valence-corrected chi connectivity index (χ3v) is 4.84. The van der Waals surface area contributed by atoms with Crippen LogP contribution in [0.2, 0.25) is 0 Å². The van der Waals surface area contributed by atoms with E-state index in [4.69, 9.17) is 9.79 Å². The molecule has 0 saturated heterocycles. The Hall–Kier alpha value is -0.360. The highest BCUT2D eigenvalue weighted by atomic mass is 31.2. The van der Waals surface area contributed by atoms with Crippen LogP contribution in [0.15, 0.2) is 0 Å². The Balaban J connectivity index is 4.97. The second-order valence-corrected chi connectivity index (χ2v) is 6.03. The summed E-state index contributed by atoms with van der Waals surface area (Å²) in [5, 5.41) is 8.93. The lowest BCUT2D eigenvalue weighted by Crippen LogP contribution is -2.31. The third kappa shape index (κ3) is 3.31. The van der Waals surface area contributed by atoms with Crippen molar-refractivity contribution in [3.8, 4) is 5.81 Å². The van der Waals surface area contributed by atoms with Crippen LogP contribution in [0.5, 0.6) is 0 Å². The van der Waals surface area contributed by atoms with Gasteiger partial charge >= 0.3 is 7.52 Å². The van der Waals surface area contributed by atoms with Gasteiger partial charge in [-0.25, -0.2) is 4.67 Å². The van der Waals surface area contributed by atoms with Gasteiger partial charge in [-0.05, 0) is 33.4 Å². The maximum atomic E-state index is 12.1. The van der Waals surface area contributed by atoms with Gasteiger partial charge in [-0.3, -0.25) is 4.57 Å². The molecule has 0 heterocycles. The van der Waals surface area contributed by atoms with Crippen LogP contribution in [0.4, 0.5) is 0 Å². The van der Waals surface area contributed by atoms with E-state index in [1.807, 2.05) is 20.8 Å². The van der Waals surface area contributed by atoms with Gasteiger partial charge in [0.1, 0.15) is 0 Å². The monoisotopic (exact) mass is 232 g/mol. The molecule has 0 aromatic rings. The molecule has 0 aromatic carbocycles. The number of rotatable bonds is 6. The summed E-state index contributed by atoms with van der Waals surface area (Å²) in [7, 11) is -0.0906. The van der Waals surface area contributed by atoms with Crippen LogP contribution in [0.1, 0.15) is 40.0 Å². The van der Waals surface area contributed by atoms with Crippen LogP contribution in [0.25, 0.3) is 0 Å². The molecule has 0 radical (unpaired) electrons. The fourth-order valence-corrected chi connectivity index (χ4v) is 2.69. The summed E-state index contributed by atoms with van der Waals surface area (Å²) < 4.78 is 19.1. The Morgan fingerprint density at radius 2 is 1.67 bits per heavy atom. The van der Waals surface area contributed by atoms with Crippen molar-refractivity contribution in [2.24, 2.45) is 0 Å². The van der Waals surface area contributed by atoms with E-state index >= 15 is 0 Å². The second kappa shape index (κ2) is 5.65. The van der Waals surface area contributed by atoms with Gasteiger partial charge in [0, 0.05) is 0 Å². The average molecular weight is 232 g/mol. The molecule has 15 heavy (non-hydrogen) atoms. The van der Waals surface area contributed by atoms with Crippen molar-refractivity contribution in [2.45, 2.75) is 45.6 Å². The number of hydrogen-bond acceptors (Lipinski definition) is 3. The summed E-state index contributed by atoms with van der Waals surface area (Å²) >= 11 is 0. The Morgan fingerprint density at radius 1 is 1.27 bits per heavy atom. The van der Waals surface area contributed by atoms with Crippen LogP contribution < -0.4 is 0 Å². The van der Waals surface area contributed by atoms with Gasteiger partial charge in [0.2, 0.25) is 0 Å². The molecule has 88 valence electrons. The van der Waals surface area contributed by atoms with Crippen molar-refractivity contribution in [3.63, 3.8) is 0 Å². The molecule has 0 aliphatic rings. The zero-order valence-corrected chi connectivity index (χ0v) is 11.2. The van der Waals surface area contributed by atoms with Crippen molar-refractivity contribution < 1.29 is 9.09 Å². The van der Waals surface area contributed by atoms with Crippen molar-refractivity contribution in [1.82, 2.24) is 4.67 Å². The minimum atomic E-state index is -3.30. The van der Waals surface area contributed by atoms with Gasteiger partial charge in [-0.1, -0.05) is 20.8 Å². The predicted molar refractivity (Wildman–Crippen MR) is 61.6 cm³/mol. The fourth-order valence-electron chi connectivity index (χ4n) is 1.40. The van der Waals surface area contributed by atoms with Crippen LogP contribution in [-0.4, -0.2) is 24.4 Å². The van der Waals surface area contributed by atoms with Gasteiger partial charge < -0.3 is 4.52 Å². The zero-order chi connectivity index (χ0) is 12.1. The van der Waals surface area contributed by atoms with E-state index in [9.17, 15) is 4.57 Å². The minimum absolute atomic E-state index is 0.435. The van der Waals surface area contributed by atoms with E-state index in [0.29, 0.717) is 0 Å². The lowest BCUT2D eigenvalue weighted by atomic mass is 9.95. The highest BCUT2D eigenvalue weighted by Crippen LogP contribution is 2.53. The first-order valence-electron chi connectivity index (χ1n) is 5.29. The molecule has 4 nitrogen and oxygen atoms in total. The Morgan fingerprint density at radius 3 is 1.87 bits per heavy atom. The highest BCUT2D eigenvalue weighted by molar-refractivity contribution is 7.61. The molecule has 0 fully saturated rings. The Kier molecular flexibility index (Phi) is 5.51. The summed E-state index contributed by atoms with van der Waals surface area (Å²) in [6.45, 7) is 5.97. The van der Waals surface area contributed by atoms with Crippen LogP contribution in [0, 0.1) is 11.1 Å². The first-order valence-corrected chi connectivity index (χ1v) is 6.87. The van der Waals surface area contributed by atoms with Crippen molar-refractivity contribution in [3.05, 3.63) is 0 Å². The molecule has 0 aliphatic heterocycles. The molecule has 0 N–H and O–H groups in total. The van der Waals surface area contributed by atoms with Gasteiger partial charge in [-0.2, -0.15) is 5.26 Å². The summed E-state index contributed by atoms with van der Waals surface area (Å²) in [4.78, 5) is 0. The quantitative estimate of drug-likeness (QED) is 0.660. The van der Waals surface area contributed by atoms with Gasteiger partial charge in [0.15, 0.2) is 5.81 Å². The van der Waals surface area contributed by atoms with E-state index < -0.39 is 13.1 Å². The van der Waals surface area contributed by atoms with Crippen molar-refractivity contribution in [1.29, 1.82) is 5.26 Å². The van der Waals surface area contributed by atoms with Crippen molar-refractivity contribution >= 4 is 7.52 Å². The topological polar surface area (TPSA) is 53.3 Å². The van der Waals surface area contributed by atoms with E-state index in [1.165, 1.54) is 4.67 Å². The second-order valence-electron chi connectivity index (χ2n) is 3.80. The molecular weight excluding hydrogens is 211 g/mol. The minimum Gasteiger partial charge on any atom is -0.300 e. The SMILES string of the molecule is CCC(CC)(CC)OP(=O)(C#N)N(C)C. The van der Waals surface area contributed by atoms with Gasteiger partial charge in [0.25, 0.3) is 0 Å². The first-order chi connectivity index (χ1) is 6.89. The lowest BCUT2D eigenvalue weighted by molar-refractivity contribution is 0.0537. The highest BCUT2D eigenvalue weighted by Gasteiger charge is 2.37. The fraction of sp³-hybridized carbons (Fsp3) is 0.900.